The van der Waals surface area contributed by atoms with Crippen LogP contribution >= 0.6 is 23.8 Å². The van der Waals surface area contributed by atoms with Crippen LogP contribution < -0.4 is 20.9 Å². The van der Waals surface area contributed by atoms with Gasteiger partial charge >= 0.3 is 0 Å². The van der Waals surface area contributed by atoms with Crippen LogP contribution in [0.3, 0.4) is 0 Å². The van der Waals surface area contributed by atoms with Gasteiger partial charge in [-0.1, -0.05) is 66.2 Å². The van der Waals surface area contributed by atoms with Gasteiger partial charge in [0.05, 0.1) is 0 Å². The number of rotatable bonds is 5. The Hall–Kier alpha value is -3.42. The van der Waals surface area contributed by atoms with E-state index in [1.807, 2.05) is 48.5 Å². The molecule has 0 aliphatic rings. The van der Waals surface area contributed by atoms with Crippen LogP contribution in [0.5, 0.6) is 5.75 Å². The van der Waals surface area contributed by atoms with Gasteiger partial charge in [0.15, 0.2) is 11.7 Å². The van der Waals surface area contributed by atoms with Gasteiger partial charge in [0.25, 0.3) is 11.8 Å². The Morgan fingerprint density at radius 1 is 0.900 bits per heavy atom. The molecule has 6 nitrogen and oxygen atoms in total. The van der Waals surface area contributed by atoms with Crippen molar-refractivity contribution in [3.8, 4) is 16.9 Å². The van der Waals surface area contributed by atoms with Crippen molar-refractivity contribution in [3.05, 3.63) is 89.4 Å². The lowest BCUT2D eigenvalue weighted by atomic mass is 10.1. The van der Waals surface area contributed by atoms with E-state index < -0.39 is 11.8 Å². The minimum atomic E-state index is -0.461. The van der Waals surface area contributed by atoms with Gasteiger partial charge in [-0.05, 0) is 42.0 Å². The van der Waals surface area contributed by atoms with Gasteiger partial charge in [-0.3, -0.25) is 25.8 Å². The van der Waals surface area contributed by atoms with Gasteiger partial charge in [0, 0.05) is 16.1 Å². The number of hydrogen-bond donors (Lipinski definition) is 3. The number of hydrogen-bond acceptors (Lipinski definition) is 4. The topological polar surface area (TPSA) is 79.5 Å². The van der Waals surface area contributed by atoms with Crippen molar-refractivity contribution >= 4 is 40.7 Å². The normalized spacial score (nSPS) is 10.0. The van der Waals surface area contributed by atoms with Crippen LogP contribution in [0, 0.1) is 0 Å². The number of ether oxygens (including phenoxy) is 1. The summed E-state index contributed by atoms with van der Waals surface area (Å²) in [4.78, 5) is 24.2. The fraction of sp³-hybridized carbons (Fsp3) is 0.0455. The van der Waals surface area contributed by atoms with E-state index in [0.29, 0.717) is 16.3 Å². The Kier molecular flexibility index (Phi) is 7.37. The van der Waals surface area contributed by atoms with E-state index in [-0.39, 0.29) is 11.7 Å². The number of amides is 2. The summed E-state index contributed by atoms with van der Waals surface area (Å²) in [5.41, 5.74) is 7.06. The first-order chi connectivity index (χ1) is 14.5. The van der Waals surface area contributed by atoms with E-state index in [9.17, 15) is 9.59 Å². The van der Waals surface area contributed by atoms with Crippen LogP contribution in [0.15, 0.2) is 78.9 Å². The highest BCUT2D eigenvalue weighted by molar-refractivity contribution is 7.80. The van der Waals surface area contributed by atoms with E-state index in [4.69, 9.17) is 28.6 Å². The van der Waals surface area contributed by atoms with Gasteiger partial charge in [-0.2, -0.15) is 0 Å². The summed E-state index contributed by atoms with van der Waals surface area (Å²) in [6, 6.07) is 23.6. The van der Waals surface area contributed by atoms with Crippen LogP contribution in [0.25, 0.3) is 11.1 Å². The average Bonchev–Trinajstić information content (AvgIpc) is 2.77. The summed E-state index contributed by atoms with van der Waals surface area (Å²) in [6.45, 7) is -0.234. The molecule has 3 N–H and O–H groups in total. The molecule has 3 aromatic rings. The number of carbonyl (C=O) groups is 2. The third-order valence-corrected chi connectivity index (χ3v) is 4.40. The second kappa shape index (κ2) is 10.4. The van der Waals surface area contributed by atoms with E-state index in [1.54, 1.807) is 24.3 Å². The molecule has 0 saturated carbocycles. The second-order valence-electron chi connectivity index (χ2n) is 6.12. The number of benzene rings is 3. The fourth-order valence-electron chi connectivity index (χ4n) is 2.59. The Labute approximate surface area is 184 Å². The van der Waals surface area contributed by atoms with Crippen molar-refractivity contribution < 1.29 is 14.3 Å². The summed E-state index contributed by atoms with van der Waals surface area (Å²) in [5.74, 6) is -0.329. The summed E-state index contributed by atoms with van der Waals surface area (Å²) in [7, 11) is 0. The van der Waals surface area contributed by atoms with Gasteiger partial charge in [0.1, 0.15) is 5.75 Å². The van der Waals surface area contributed by atoms with Crippen LogP contribution in [0.2, 0.25) is 5.02 Å². The molecule has 0 radical (unpaired) electrons. The third kappa shape index (κ3) is 6.04. The van der Waals surface area contributed by atoms with Crippen LogP contribution in [-0.4, -0.2) is 23.5 Å². The summed E-state index contributed by atoms with van der Waals surface area (Å²) < 4.78 is 5.65. The monoisotopic (exact) mass is 439 g/mol. The zero-order valence-corrected chi connectivity index (χ0v) is 17.3. The minimum Gasteiger partial charge on any atom is -0.483 e. The highest BCUT2D eigenvalue weighted by Gasteiger charge is 2.10. The summed E-state index contributed by atoms with van der Waals surface area (Å²) >= 11 is 10.9. The highest BCUT2D eigenvalue weighted by Crippen LogP contribution is 2.29. The number of nitrogens with one attached hydrogen (secondary N) is 3. The maximum Gasteiger partial charge on any atom is 0.276 e. The lowest BCUT2D eigenvalue weighted by Gasteiger charge is -2.13. The molecule has 30 heavy (non-hydrogen) atoms. The number of carbonyl (C=O) groups excluding carboxylic acids is 2. The number of thiocarbonyl (C=S) groups is 1. The molecule has 0 spiro atoms. The zero-order chi connectivity index (χ0) is 21.3. The smallest absolute Gasteiger partial charge is 0.276 e. The molecule has 0 aromatic heterocycles. The molecular formula is C22H18ClN3O3S. The predicted molar refractivity (Wildman–Crippen MR) is 120 cm³/mol. The van der Waals surface area contributed by atoms with E-state index in [2.05, 4.69) is 16.2 Å². The van der Waals surface area contributed by atoms with Crippen LogP contribution in [0.1, 0.15) is 10.4 Å². The Bertz CT molecular complexity index is 1060. The lowest BCUT2D eigenvalue weighted by Crippen LogP contribution is -2.49. The Balaban J connectivity index is 1.49. The SMILES string of the molecule is O=C(COc1ccccc1-c1ccccc1)NNC(=S)NC(=O)c1cccc(Cl)c1. The van der Waals surface area contributed by atoms with Gasteiger partial charge < -0.3 is 4.74 Å². The molecule has 0 heterocycles. The first kappa shape index (κ1) is 21.3. The maximum atomic E-state index is 12.1. The molecule has 0 saturated heterocycles. The predicted octanol–water partition coefficient (Wildman–Crippen LogP) is 3.72. The van der Waals surface area contributed by atoms with Gasteiger partial charge in [0.2, 0.25) is 0 Å². The molecule has 0 aliphatic carbocycles. The summed E-state index contributed by atoms with van der Waals surface area (Å²) in [5, 5.41) is 2.83. The van der Waals surface area contributed by atoms with Crippen LogP contribution in [-0.2, 0) is 4.79 Å². The molecule has 3 aromatic carbocycles. The maximum absolute atomic E-state index is 12.1. The third-order valence-electron chi connectivity index (χ3n) is 3.96. The largest absolute Gasteiger partial charge is 0.483 e. The molecule has 3 rings (SSSR count). The molecular weight excluding hydrogens is 422 g/mol. The second-order valence-corrected chi connectivity index (χ2v) is 6.96. The van der Waals surface area contributed by atoms with Crippen molar-refractivity contribution in [1.29, 1.82) is 0 Å². The molecule has 0 aliphatic heterocycles. The highest BCUT2D eigenvalue weighted by atomic mass is 35.5. The van der Waals surface area contributed by atoms with Crippen molar-refractivity contribution in [1.82, 2.24) is 16.2 Å². The molecule has 2 amide bonds. The fourth-order valence-corrected chi connectivity index (χ4v) is 2.92. The van der Waals surface area contributed by atoms with Gasteiger partial charge in [-0.15, -0.1) is 0 Å². The quantitative estimate of drug-likeness (QED) is 0.417. The van der Waals surface area contributed by atoms with Gasteiger partial charge in [-0.25, -0.2) is 0 Å². The Morgan fingerprint density at radius 3 is 2.40 bits per heavy atom. The van der Waals surface area contributed by atoms with Crippen molar-refractivity contribution in [3.63, 3.8) is 0 Å². The van der Waals surface area contributed by atoms with E-state index in [0.717, 1.165) is 11.1 Å². The van der Waals surface area contributed by atoms with Crippen molar-refractivity contribution in [2.24, 2.45) is 0 Å². The zero-order valence-electron chi connectivity index (χ0n) is 15.7. The summed E-state index contributed by atoms with van der Waals surface area (Å²) in [6.07, 6.45) is 0. The average molecular weight is 440 g/mol. The number of hydrazine groups is 1. The molecule has 152 valence electrons. The van der Waals surface area contributed by atoms with Crippen molar-refractivity contribution in [2.75, 3.05) is 6.61 Å². The van der Waals surface area contributed by atoms with Crippen LogP contribution in [0.4, 0.5) is 0 Å². The number of para-hydroxylation sites is 1. The Morgan fingerprint density at radius 2 is 1.63 bits per heavy atom. The lowest BCUT2D eigenvalue weighted by molar-refractivity contribution is -0.123. The molecule has 8 heteroatoms. The minimum absolute atomic E-state index is 0.0574. The van der Waals surface area contributed by atoms with Crippen molar-refractivity contribution in [2.45, 2.75) is 0 Å². The standard InChI is InChI=1S/C22H18ClN3O3S/c23-17-10-6-9-16(13-17)21(28)24-22(30)26-25-20(27)14-29-19-12-5-4-11-18(19)15-7-2-1-3-8-15/h1-13H,14H2,(H,25,27)(H2,24,26,28,30). The first-order valence-corrected chi connectivity index (χ1v) is 9.74. The van der Waals surface area contributed by atoms with E-state index in [1.165, 1.54) is 6.07 Å². The molecule has 0 unspecified atom stereocenters. The molecule has 0 atom stereocenters. The van der Waals surface area contributed by atoms with E-state index >= 15 is 0 Å². The first-order valence-electron chi connectivity index (χ1n) is 8.96. The molecule has 0 bridgehead atoms. The number of halogens is 1. The molecule has 0 fully saturated rings.